The van der Waals surface area contributed by atoms with E-state index < -0.39 is 0 Å². The van der Waals surface area contributed by atoms with Gasteiger partial charge in [0.2, 0.25) is 0 Å². The number of hydrogen-bond donors (Lipinski definition) is 2. The third-order valence-electron chi connectivity index (χ3n) is 4.55. The van der Waals surface area contributed by atoms with E-state index >= 15 is 0 Å². The number of nitrogens with one attached hydrogen (secondary N) is 1. The number of hydrogen-bond acceptors (Lipinski definition) is 6. The Labute approximate surface area is 154 Å². The molecule has 0 amide bonds. The maximum Gasteiger partial charge on any atom is 0.178 e. The van der Waals surface area contributed by atoms with Gasteiger partial charge >= 0.3 is 0 Å². The molecule has 0 aliphatic heterocycles. The summed E-state index contributed by atoms with van der Waals surface area (Å²) >= 11 is 0. The van der Waals surface area contributed by atoms with Crippen LogP contribution in [0.25, 0.3) is 22.2 Å². The van der Waals surface area contributed by atoms with Crippen LogP contribution in [0.3, 0.4) is 0 Å². The van der Waals surface area contributed by atoms with Gasteiger partial charge in [-0.2, -0.15) is 0 Å². The number of benzene rings is 2. The van der Waals surface area contributed by atoms with Crippen LogP contribution in [0.4, 0.5) is 5.82 Å². The molecule has 5 rings (SSSR count). The van der Waals surface area contributed by atoms with Gasteiger partial charge in [-0.3, -0.25) is 0 Å². The van der Waals surface area contributed by atoms with E-state index in [2.05, 4.69) is 67.1 Å². The Morgan fingerprint density at radius 3 is 2.74 bits per heavy atom. The van der Waals surface area contributed by atoms with Crippen molar-refractivity contribution in [1.82, 2.24) is 35.4 Å². The molecule has 0 unspecified atom stereocenters. The van der Waals surface area contributed by atoms with Gasteiger partial charge < -0.3 is 5.73 Å². The molecule has 0 fully saturated rings. The smallest absolute Gasteiger partial charge is 0.178 e. The Kier molecular flexibility index (Phi) is 3.53. The van der Waals surface area contributed by atoms with Crippen LogP contribution < -0.4 is 5.73 Å². The van der Waals surface area contributed by atoms with Gasteiger partial charge in [0.05, 0.1) is 12.1 Å². The molecule has 132 valence electrons. The fourth-order valence-electron chi connectivity index (χ4n) is 3.28. The molecule has 0 bridgehead atoms. The molecule has 0 spiro atoms. The maximum atomic E-state index is 5.90. The van der Waals surface area contributed by atoms with Gasteiger partial charge in [0.15, 0.2) is 5.65 Å². The molecule has 0 atom stereocenters. The number of aromatic amines is 1. The van der Waals surface area contributed by atoms with Gasteiger partial charge in [-0.25, -0.2) is 14.8 Å². The van der Waals surface area contributed by atoms with E-state index in [1.807, 2.05) is 16.8 Å². The molecule has 0 aliphatic rings. The molecule has 0 radical (unpaired) electrons. The van der Waals surface area contributed by atoms with Gasteiger partial charge in [0, 0.05) is 5.56 Å². The summed E-state index contributed by atoms with van der Waals surface area (Å²) in [6, 6.07) is 18.4. The SMILES string of the molecule is Nc1cc(Cn2nnc3ccc(Cc4ccccc4)cc32)c2nn[nH]c2n1. The Morgan fingerprint density at radius 2 is 1.85 bits per heavy atom. The molecule has 3 N–H and O–H groups in total. The number of anilines is 1. The first kappa shape index (κ1) is 15.4. The molecule has 0 saturated carbocycles. The highest BCUT2D eigenvalue weighted by Gasteiger charge is 2.12. The van der Waals surface area contributed by atoms with Crippen molar-refractivity contribution < 1.29 is 0 Å². The number of fused-ring (bicyclic) bond motifs is 2. The second kappa shape index (κ2) is 6.17. The van der Waals surface area contributed by atoms with Gasteiger partial charge in [-0.05, 0) is 35.7 Å². The van der Waals surface area contributed by atoms with E-state index in [0.29, 0.717) is 23.5 Å². The van der Waals surface area contributed by atoms with Crippen molar-refractivity contribution in [2.45, 2.75) is 13.0 Å². The van der Waals surface area contributed by atoms with Gasteiger partial charge in [-0.15, -0.1) is 10.2 Å². The molecule has 2 aromatic carbocycles. The van der Waals surface area contributed by atoms with Crippen LogP contribution in [0.15, 0.2) is 54.6 Å². The van der Waals surface area contributed by atoms with Crippen LogP contribution in [0.2, 0.25) is 0 Å². The number of H-pyrrole nitrogens is 1. The summed E-state index contributed by atoms with van der Waals surface area (Å²) in [5.41, 5.74) is 12.3. The van der Waals surface area contributed by atoms with Gasteiger partial charge in [-0.1, -0.05) is 46.8 Å². The zero-order valence-electron chi connectivity index (χ0n) is 14.4. The van der Waals surface area contributed by atoms with Crippen molar-refractivity contribution >= 4 is 28.0 Å². The lowest BCUT2D eigenvalue weighted by atomic mass is 10.0. The fraction of sp³-hybridized carbons (Fsp3) is 0.105. The minimum atomic E-state index is 0.415. The van der Waals surface area contributed by atoms with Crippen molar-refractivity contribution in [1.29, 1.82) is 0 Å². The summed E-state index contributed by atoms with van der Waals surface area (Å²) < 4.78 is 1.85. The van der Waals surface area contributed by atoms with Crippen molar-refractivity contribution in [2.24, 2.45) is 0 Å². The van der Waals surface area contributed by atoms with Crippen LogP contribution in [0.1, 0.15) is 16.7 Å². The summed E-state index contributed by atoms with van der Waals surface area (Å²) in [5.74, 6) is 0.415. The topological polar surface area (TPSA) is 111 Å². The minimum Gasteiger partial charge on any atom is -0.384 e. The molecule has 3 aromatic heterocycles. The first-order chi connectivity index (χ1) is 13.3. The summed E-state index contributed by atoms with van der Waals surface area (Å²) in [5, 5.41) is 19.3. The molecular weight excluding hydrogens is 340 g/mol. The molecule has 5 aromatic rings. The second-order valence-electron chi connectivity index (χ2n) is 6.45. The third-order valence-corrected chi connectivity index (χ3v) is 4.55. The molecule has 0 saturated heterocycles. The van der Waals surface area contributed by atoms with Crippen LogP contribution in [-0.2, 0) is 13.0 Å². The van der Waals surface area contributed by atoms with Gasteiger partial charge in [0.25, 0.3) is 0 Å². The lowest BCUT2D eigenvalue weighted by Gasteiger charge is -2.06. The number of nitrogens with two attached hydrogens (primary N) is 1. The van der Waals surface area contributed by atoms with Crippen LogP contribution >= 0.6 is 0 Å². The number of nitrogens with zero attached hydrogens (tertiary/aromatic N) is 6. The van der Waals surface area contributed by atoms with Crippen LogP contribution in [-0.4, -0.2) is 35.4 Å². The summed E-state index contributed by atoms with van der Waals surface area (Å²) in [6.07, 6.45) is 0.859. The van der Waals surface area contributed by atoms with Crippen LogP contribution in [0.5, 0.6) is 0 Å². The molecular formula is C19H16N8. The summed E-state index contributed by atoms with van der Waals surface area (Å²) in [4.78, 5) is 4.20. The van der Waals surface area contributed by atoms with Crippen LogP contribution in [0, 0.1) is 0 Å². The Balaban J connectivity index is 1.53. The van der Waals surface area contributed by atoms with E-state index in [1.165, 1.54) is 11.1 Å². The first-order valence-corrected chi connectivity index (χ1v) is 8.58. The summed E-state index contributed by atoms with van der Waals surface area (Å²) in [7, 11) is 0. The predicted octanol–water partition coefficient (Wildman–Crippen LogP) is 2.32. The number of rotatable bonds is 4. The Bertz CT molecular complexity index is 1240. The average Bonchev–Trinajstić information content (AvgIpc) is 3.30. The van der Waals surface area contributed by atoms with Crippen molar-refractivity contribution in [3.63, 3.8) is 0 Å². The molecule has 3 heterocycles. The highest BCUT2D eigenvalue weighted by atomic mass is 15.4. The average molecular weight is 356 g/mol. The zero-order chi connectivity index (χ0) is 18.2. The highest BCUT2D eigenvalue weighted by molar-refractivity contribution is 5.77. The normalized spacial score (nSPS) is 11.4. The first-order valence-electron chi connectivity index (χ1n) is 8.58. The molecule has 0 aliphatic carbocycles. The fourth-order valence-corrected chi connectivity index (χ4v) is 3.28. The Hall–Kier alpha value is -3.81. The maximum absolute atomic E-state index is 5.90. The highest BCUT2D eigenvalue weighted by Crippen LogP contribution is 2.20. The van der Waals surface area contributed by atoms with E-state index in [1.54, 1.807) is 6.07 Å². The summed E-state index contributed by atoms with van der Waals surface area (Å²) in [6.45, 7) is 0.487. The van der Waals surface area contributed by atoms with E-state index in [9.17, 15) is 0 Å². The van der Waals surface area contributed by atoms with Crippen molar-refractivity contribution in [3.8, 4) is 0 Å². The molecule has 27 heavy (non-hydrogen) atoms. The molecule has 8 heteroatoms. The van der Waals surface area contributed by atoms with E-state index in [0.717, 1.165) is 23.0 Å². The standard InChI is InChI=1S/C19H16N8/c20-17-10-14(18-19(21-17)24-25-23-18)11-27-16-9-13(6-7-15(16)22-26-27)8-12-4-2-1-3-5-12/h1-7,9-10H,8,11H2,(H3,20,21,23,24,25). The minimum absolute atomic E-state index is 0.415. The lowest BCUT2D eigenvalue weighted by Crippen LogP contribution is -2.04. The zero-order valence-corrected chi connectivity index (χ0v) is 14.4. The number of nitrogen functional groups attached to an aromatic ring is 1. The quantitative estimate of drug-likeness (QED) is 0.511. The largest absolute Gasteiger partial charge is 0.384 e. The second-order valence-corrected chi connectivity index (χ2v) is 6.45. The van der Waals surface area contributed by atoms with Crippen molar-refractivity contribution in [2.75, 3.05) is 5.73 Å². The monoisotopic (exact) mass is 356 g/mol. The van der Waals surface area contributed by atoms with E-state index in [-0.39, 0.29) is 0 Å². The third kappa shape index (κ3) is 2.86. The molecule has 8 nitrogen and oxygen atoms in total. The Morgan fingerprint density at radius 1 is 0.963 bits per heavy atom. The van der Waals surface area contributed by atoms with Gasteiger partial charge in [0.1, 0.15) is 16.9 Å². The van der Waals surface area contributed by atoms with Crippen molar-refractivity contribution in [3.05, 3.63) is 71.3 Å². The van der Waals surface area contributed by atoms with E-state index in [4.69, 9.17) is 5.73 Å². The predicted molar refractivity (Wildman–Crippen MR) is 102 cm³/mol. The lowest BCUT2D eigenvalue weighted by molar-refractivity contribution is 0.671. The number of aromatic nitrogens is 7. The number of pyridine rings is 1.